The van der Waals surface area contributed by atoms with Crippen LogP contribution in [0.1, 0.15) is 12.8 Å². The van der Waals surface area contributed by atoms with Gasteiger partial charge in [0.2, 0.25) is 0 Å². The number of aliphatic carboxylic acids is 1. The lowest BCUT2D eigenvalue weighted by atomic mass is 10.2. The van der Waals surface area contributed by atoms with E-state index in [2.05, 4.69) is 4.52 Å². The Bertz CT molecular complexity index is 240. The van der Waals surface area contributed by atoms with E-state index >= 15 is 0 Å². The van der Waals surface area contributed by atoms with Gasteiger partial charge in [-0.2, -0.15) is 0 Å². The van der Waals surface area contributed by atoms with E-state index in [4.69, 9.17) is 15.7 Å². The first-order chi connectivity index (χ1) is 5.43. The second-order valence-electron chi connectivity index (χ2n) is 2.65. The first-order valence-electron chi connectivity index (χ1n) is 3.43. The zero-order valence-electron chi connectivity index (χ0n) is 6.21. The van der Waals surface area contributed by atoms with Crippen molar-refractivity contribution in [1.29, 1.82) is 0 Å². The van der Waals surface area contributed by atoms with Crippen molar-refractivity contribution in [3.8, 4) is 0 Å². The van der Waals surface area contributed by atoms with Crippen LogP contribution in [0.25, 0.3) is 0 Å². The van der Waals surface area contributed by atoms with Gasteiger partial charge >= 0.3 is 13.6 Å². The quantitative estimate of drug-likeness (QED) is 0.420. The summed E-state index contributed by atoms with van der Waals surface area (Å²) in [5, 5.41) is 8.35. The summed E-state index contributed by atoms with van der Waals surface area (Å²) >= 11 is 0. The lowest BCUT2D eigenvalue weighted by Gasteiger charge is -2.02. The minimum Gasteiger partial charge on any atom is -0.480 e. The van der Waals surface area contributed by atoms with Gasteiger partial charge in [0, 0.05) is 0 Å². The summed E-state index contributed by atoms with van der Waals surface area (Å²) < 4.78 is 15.0. The number of rotatable bonds is 4. The molecule has 1 fully saturated rings. The van der Waals surface area contributed by atoms with Gasteiger partial charge in [0.15, 0.2) is 5.85 Å². The maximum atomic E-state index is 10.6. The molecule has 7 heteroatoms. The molecule has 6 nitrogen and oxygen atoms in total. The molecule has 70 valence electrons. The van der Waals surface area contributed by atoms with Gasteiger partial charge in [-0.1, -0.05) is 0 Å². The van der Waals surface area contributed by atoms with Gasteiger partial charge < -0.3 is 15.7 Å². The maximum Gasteiger partial charge on any atom is 0.358 e. The van der Waals surface area contributed by atoms with Crippen LogP contribution in [0.3, 0.4) is 0 Å². The Kier molecular flexibility index (Phi) is 2.53. The highest BCUT2D eigenvalue weighted by Crippen LogP contribution is 2.67. The number of carboxylic acid groups (broad SMARTS) is 1. The molecule has 0 aromatic heterocycles. The van der Waals surface area contributed by atoms with Crippen LogP contribution in [0, 0.1) is 0 Å². The largest absolute Gasteiger partial charge is 0.480 e. The molecule has 0 spiro atoms. The average Bonchev–Trinajstić information content (AvgIpc) is 2.54. The molecule has 0 amide bonds. The molecule has 0 radical (unpaired) electrons. The Balaban J connectivity index is 2.20. The Morgan fingerprint density at radius 3 is 2.58 bits per heavy atom. The molecular weight excluding hydrogens is 185 g/mol. The number of carbonyl (C=O) groups is 1. The lowest BCUT2D eigenvalue weighted by Crippen LogP contribution is -2.30. The number of nitrogens with two attached hydrogens (primary N) is 1. The fraction of sp³-hybridized carbons (Fsp3) is 0.800. The summed E-state index contributed by atoms with van der Waals surface area (Å²) in [5.41, 5.74) is 5.15. The van der Waals surface area contributed by atoms with Crippen molar-refractivity contribution in [2.24, 2.45) is 5.73 Å². The zero-order valence-corrected chi connectivity index (χ0v) is 7.11. The highest BCUT2D eigenvalue weighted by atomic mass is 31.2. The van der Waals surface area contributed by atoms with Crippen LogP contribution in [0.4, 0.5) is 0 Å². The first-order valence-corrected chi connectivity index (χ1v) is 5.07. The van der Waals surface area contributed by atoms with Crippen LogP contribution in [-0.4, -0.2) is 27.9 Å². The van der Waals surface area contributed by atoms with Gasteiger partial charge in [-0.15, -0.1) is 0 Å². The van der Waals surface area contributed by atoms with Gasteiger partial charge in [0.05, 0.1) is 0 Å². The molecule has 3 atom stereocenters. The van der Waals surface area contributed by atoms with Gasteiger partial charge in [-0.05, 0) is 12.8 Å². The van der Waals surface area contributed by atoms with Crippen LogP contribution < -0.4 is 5.73 Å². The van der Waals surface area contributed by atoms with Crippen molar-refractivity contribution < 1.29 is 23.9 Å². The summed E-state index contributed by atoms with van der Waals surface area (Å²) in [5.74, 6) is -1.80. The van der Waals surface area contributed by atoms with Crippen LogP contribution in [0.5, 0.6) is 0 Å². The van der Waals surface area contributed by atoms with Gasteiger partial charge in [0.1, 0.15) is 6.04 Å². The van der Waals surface area contributed by atoms with E-state index in [0.717, 1.165) is 0 Å². The molecule has 3 unspecified atom stereocenters. The second-order valence-corrected chi connectivity index (χ2v) is 4.56. The van der Waals surface area contributed by atoms with E-state index in [-0.39, 0.29) is 12.8 Å². The predicted molar refractivity (Wildman–Crippen MR) is 39.5 cm³/mol. The molecular formula is C5H10NO5P. The summed E-state index contributed by atoms with van der Waals surface area (Å²) in [6.45, 7) is 0. The third-order valence-corrected chi connectivity index (χ3v) is 3.07. The molecule has 0 aromatic carbocycles. The van der Waals surface area contributed by atoms with Crippen molar-refractivity contribution in [3.05, 3.63) is 0 Å². The highest BCUT2D eigenvalue weighted by molar-refractivity contribution is 7.59. The SMILES string of the molecule is NC(CCC1OP1(=O)O)C(=O)O. The second kappa shape index (κ2) is 3.14. The summed E-state index contributed by atoms with van der Waals surface area (Å²) in [6.07, 6.45) is 0.381. The van der Waals surface area contributed by atoms with Crippen molar-refractivity contribution in [2.45, 2.75) is 24.7 Å². The van der Waals surface area contributed by atoms with Gasteiger partial charge in [0.25, 0.3) is 0 Å². The molecule has 12 heavy (non-hydrogen) atoms. The van der Waals surface area contributed by atoms with Gasteiger partial charge in [-0.25, -0.2) is 0 Å². The molecule has 0 saturated carbocycles. The Morgan fingerprint density at radius 1 is 1.75 bits per heavy atom. The Hall–Kier alpha value is -0.420. The monoisotopic (exact) mass is 195 g/mol. The van der Waals surface area contributed by atoms with E-state index in [1.807, 2.05) is 0 Å². The van der Waals surface area contributed by atoms with E-state index in [9.17, 15) is 9.36 Å². The molecule has 0 bridgehead atoms. The van der Waals surface area contributed by atoms with Crippen LogP contribution in [0.15, 0.2) is 0 Å². The fourth-order valence-electron chi connectivity index (χ4n) is 0.809. The third-order valence-electron chi connectivity index (χ3n) is 1.63. The van der Waals surface area contributed by atoms with Crippen LogP contribution >= 0.6 is 7.60 Å². The number of hydrogen-bond acceptors (Lipinski definition) is 4. The van der Waals surface area contributed by atoms with Crippen LogP contribution in [0.2, 0.25) is 0 Å². The van der Waals surface area contributed by atoms with E-state index in [0.29, 0.717) is 0 Å². The minimum absolute atomic E-state index is 0.157. The van der Waals surface area contributed by atoms with Crippen molar-refractivity contribution >= 4 is 13.6 Å². The number of hydrogen-bond donors (Lipinski definition) is 3. The van der Waals surface area contributed by atoms with Gasteiger partial charge in [-0.3, -0.25) is 13.9 Å². The fourth-order valence-corrected chi connectivity index (χ4v) is 1.93. The molecule has 1 aliphatic rings. The standard InChI is InChI=1S/C5H10NO5P/c6-3(5(7)8)1-2-4-11-12(4,9)10/h3-4H,1-2,6H2,(H,7,8)(H,9,10). The summed E-state index contributed by atoms with van der Waals surface area (Å²) in [6, 6.07) is -0.978. The van der Waals surface area contributed by atoms with Crippen LogP contribution in [-0.2, 0) is 13.9 Å². The number of carboxylic acids is 1. The molecule has 4 N–H and O–H groups in total. The normalized spacial score (nSPS) is 36.0. The summed E-state index contributed by atoms with van der Waals surface area (Å²) in [7, 11) is -3.33. The van der Waals surface area contributed by atoms with E-state index < -0.39 is 25.5 Å². The molecule has 1 rings (SSSR count). The summed E-state index contributed by atoms with van der Waals surface area (Å²) in [4.78, 5) is 18.9. The van der Waals surface area contributed by atoms with Crippen molar-refractivity contribution in [2.75, 3.05) is 0 Å². The van der Waals surface area contributed by atoms with Crippen molar-refractivity contribution in [1.82, 2.24) is 0 Å². The molecule has 1 aliphatic heterocycles. The molecule has 0 aliphatic carbocycles. The van der Waals surface area contributed by atoms with Crippen molar-refractivity contribution in [3.63, 3.8) is 0 Å². The molecule has 0 aromatic rings. The molecule has 1 heterocycles. The smallest absolute Gasteiger partial charge is 0.358 e. The third kappa shape index (κ3) is 2.28. The Morgan fingerprint density at radius 2 is 2.25 bits per heavy atom. The lowest BCUT2D eigenvalue weighted by molar-refractivity contribution is -0.138. The zero-order chi connectivity index (χ0) is 9.35. The average molecular weight is 195 g/mol. The van der Waals surface area contributed by atoms with E-state index in [1.54, 1.807) is 0 Å². The van der Waals surface area contributed by atoms with E-state index in [1.165, 1.54) is 0 Å². The highest BCUT2D eigenvalue weighted by Gasteiger charge is 2.51. The maximum absolute atomic E-state index is 10.6. The minimum atomic E-state index is -3.33. The predicted octanol–water partition coefficient (Wildman–Crippen LogP) is -0.280. The Labute approximate surface area is 68.9 Å². The topological polar surface area (TPSA) is 113 Å². The molecule has 1 saturated heterocycles. The first kappa shape index (κ1) is 9.67.